The maximum Gasteiger partial charge on any atom is 0.389 e. The van der Waals surface area contributed by atoms with Crippen molar-refractivity contribution >= 4 is 29.1 Å². The number of carbonyl (C=O) groups excluding carboxylic acids is 3. The number of carbonyl (C=O) groups is 3. The zero-order valence-corrected chi connectivity index (χ0v) is 22.2. The van der Waals surface area contributed by atoms with Gasteiger partial charge in [-0.3, -0.25) is 14.4 Å². The first kappa shape index (κ1) is 30.8. The molecule has 14 heteroatoms. The van der Waals surface area contributed by atoms with Crippen molar-refractivity contribution in [3.05, 3.63) is 59.7 Å². The van der Waals surface area contributed by atoms with Gasteiger partial charge in [-0.1, -0.05) is 42.5 Å². The fourth-order valence-electron chi connectivity index (χ4n) is 5.10. The fourth-order valence-corrected chi connectivity index (χ4v) is 5.10. The van der Waals surface area contributed by atoms with E-state index < -0.39 is 73.8 Å². The molecule has 2 heterocycles. The Hall–Kier alpha value is -4.10. The van der Waals surface area contributed by atoms with Crippen LogP contribution in [-0.2, 0) is 14.4 Å². The van der Waals surface area contributed by atoms with Crippen molar-refractivity contribution in [2.45, 2.75) is 50.6 Å². The summed E-state index contributed by atoms with van der Waals surface area (Å²) < 4.78 is 84.1. The number of amides is 3. The monoisotopic (exact) mass is 598 g/mol. The molecule has 3 amide bonds. The summed E-state index contributed by atoms with van der Waals surface area (Å²) >= 11 is 0. The number of ether oxygens (including phenoxy) is 1. The second-order valence-electron chi connectivity index (χ2n) is 10.0. The molecule has 4 rings (SSSR count). The van der Waals surface area contributed by atoms with Gasteiger partial charge in [0.15, 0.2) is 0 Å². The first-order valence-corrected chi connectivity index (χ1v) is 13.2. The molecule has 0 saturated carbocycles. The number of nitrogens with one attached hydrogen (secondary N) is 1. The van der Waals surface area contributed by atoms with Gasteiger partial charge in [0, 0.05) is 42.3 Å². The van der Waals surface area contributed by atoms with Crippen LogP contribution in [0.3, 0.4) is 0 Å². The molecule has 0 bridgehead atoms. The summed E-state index contributed by atoms with van der Waals surface area (Å²) in [4.78, 5) is 45.3. The van der Waals surface area contributed by atoms with E-state index in [2.05, 4.69) is 10.3 Å². The van der Waals surface area contributed by atoms with Crippen molar-refractivity contribution in [1.82, 2.24) is 5.32 Å². The van der Waals surface area contributed by atoms with Crippen LogP contribution in [0.15, 0.2) is 53.5 Å². The summed E-state index contributed by atoms with van der Waals surface area (Å²) in [6, 6.07) is 13.7. The molecule has 0 aromatic heterocycles. The van der Waals surface area contributed by atoms with Gasteiger partial charge in [0.05, 0.1) is 18.0 Å². The van der Waals surface area contributed by atoms with Gasteiger partial charge in [0.2, 0.25) is 18.0 Å². The Bertz CT molecular complexity index is 1350. The molecular formula is C28H28F6N4O4. The minimum absolute atomic E-state index is 0.166. The number of primary amides is 1. The third-order valence-corrected chi connectivity index (χ3v) is 7.06. The fraction of sp³-hybridized carbons (Fsp3) is 0.429. The Morgan fingerprint density at radius 1 is 0.976 bits per heavy atom. The lowest BCUT2D eigenvalue weighted by atomic mass is 9.83. The predicted octanol–water partition coefficient (Wildman–Crippen LogP) is 4.50. The molecule has 2 aliphatic rings. The van der Waals surface area contributed by atoms with Crippen molar-refractivity contribution in [1.29, 1.82) is 0 Å². The summed E-state index contributed by atoms with van der Waals surface area (Å²) in [5, 5.41) is 2.33. The van der Waals surface area contributed by atoms with E-state index in [0.29, 0.717) is 29.0 Å². The molecule has 2 aliphatic heterocycles. The molecule has 0 aliphatic carbocycles. The van der Waals surface area contributed by atoms with Gasteiger partial charge in [-0.2, -0.15) is 26.3 Å². The van der Waals surface area contributed by atoms with E-state index in [1.165, 1.54) is 4.90 Å². The number of hydrogen-bond donors (Lipinski definition) is 2. The van der Waals surface area contributed by atoms with Gasteiger partial charge in [-0.25, -0.2) is 4.99 Å². The Labute approximate surface area is 236 Å². The first-order chi connectivity index (χ1) is 19.7. The Balaban J connectivity index is 1.75. The van der Waals surface area contributed by atoms with Crippen molar-refractivity contribution in [2.24, 2.45) is 22.6 Å². The summed E-state index contributed by atoms with van der Waals surface area (Å²) in [6.07, 6.45) is -15.9. The van der Waals surface area contributed by atoms with Gasteiger partial charge in [0.25, 0.3) is 5.91 Å². The third kappa shape index (κ3) is 7.39. The van der Waals surface area contributed by atoms with Crippen molar-refractivity contribution in [3.8, 4) is 5.75 Å². The number of alkyl halides is 6. The number of aliphatic imine (C=N–C) groups is 1. The Morgan fingerprint density at radius 2 is 1.62 bits per heavy atom. The van der Waals surface area contributed by atoms with Crippen LogP contribution in [0.1, 0.15) is 43.2 Å². The zero-order chi connectivity index (χ0) is 30.7. The summed E-state index contributed by atoms with van der Waals surface area (Å²) in [5.74, 6) is -6.71. The highest BCUT2D eigenvalue weighted by atomic mass is 19.4. The molecule has 226 valence electrons. The maximum absolute atomic E-state index is 13.8. The quantitative estimate of drug-likeness (QED) is 0.414. The topological polar surface area (TPSA) is 114 Å². The summed E-state index contributed by atoms with van der Waals surface area (Å²) in [7, 11) is 0. The molecular weight excluding hydrogens is 570 g/mol. The van der Waals surface area contributed by atoms with Gasteiger partial charge >= 0.3 is 12.4 Å². The van der Waals surface area contributed by atoms with Crippen LogP contribution >= 0.6 is 0 Å². The third-order valence-electron chi connectivity index (χ3n) is 7.06. The Morgan fingerprint density at radius 3 is 2.24 bits per heavy atom. The molecule has 42 heavy (non-hydrogen) atoms. The second kappa shape index (κ2) is 12.4. The second-order valence-corrected chi connectivity index (χ2v) is 10.0. The van der Waals surface area contributed by atoms with Gasteiger partial charge in [0.1, 0.15) is 5.75 Å². The molecule has 0 saturated heterocycles. The lowest BCUT2D eigenvalue weighted by molar-refractivity contribution is -0.152. The highest BCUT2D eigenvalue weighted by Crippen LogP contribution is 2.39. The number of hydrogen-bond acceptors (Lipinski definition) is 5. The highest BCUT2D eigenvalue weighted by Gasteiger charge is 2.42. The number of nitrogens with two attached hydrogens (primary N) is 1. The van der Waals surface area contributed by atoms with Crippen LogP contribution in [0.4, 0.5) is 32.0 Å². The van der Waals surface area contributed by atoms with Crippen LogP contribution in [0.5, 0.6) is 5.75 Å². The predicted molar refractivity (Wildman–Crippen MR) is 140 cm³/mol. The molecule has 0 fully saturated rings. The van der Waals surface area contributed by atoms with E-state index in [0.717, 1.165) is 0 Å². The van der Waals surface area contributed by atoms with Crippen LogP contribution in [0, 0.1) is 11.8 Å². The first-order valence-electron chi connectivity index (χ1n) is 13.2. The van der Waals surface area contributed by atoms with Gasteiger partial charge < -0.3 is 20.7 Å². The van der Waals surface area contributed by atoms with Crippen LogP contribution in [-0.4, -0.2) is 55.1 Å². The smallest absolute Gasteiger partial charge is 0.389 e. The number of rotatable bonds is 9. The normalized spacial score (nSPS) is 18.5. The number of nitrogens with zero attached hydrogens (tertiary/aromatic N) is 2. The summed E-state index contributed by atoms with van der Waals surface area (Å²) in [6.45, 7) is 0.452. The number of benzene rings is 2. The van der Waals surface area contributed by atoms with E-state index in [1.54, 1.807) is 48.5 Å². The lowest BCUT2D eigenvalue weighted by Gasteiger charge is -2.28. The maximum atomic E-state index is 13.8. The average Bonchev–Trinajstić information content (AvgIpc) is 3.20. The molecule has 0 radical (unpaired) electrons. The van der Waals surface area contributed by atoms with E-state index >= 15 is 0 Å². The van der Waals surface area contributed by atoms with Gasteiger partial charge in [-0.15, -0.1) is 0 Å². The van der Waals surface area contributed by atoms with Crippen LogP contribution < -0.4 is 20.7 Å². The average molecular weight is 599 g/mol. The highest BCUT2D eigenvalue weighted by molar-refractivity contribution is 6.21. The zero-order valence-electron chi connectivity index (χ0n) is 22.2. The molecule has 3 atom stereocenters. The number of halogens is 6. The van der Waals surface area contributed by atoms with Crippen molar-refractivity contribution in [3.63, 3.8) is 0 Å². The van der Waals surface area contributed by atoms with E-state index in [-0.39, 0.29) is 18.9 Å². The van der Waals surface area contributed by atoms with Crippen molar-refractivity contribution < 1.29 is 45.5 Å². The largest absolute Gasteiger partial charge is 0.491 e. The lowest BCUT2D eigenvalue weighted by Crippen LogP contribution is -2.51. The minimum Gasteiger partial charge on any atom is -0.491 e. The van der Waals surface area contributed by atoms with Crippen LogP contribution in [0.2, 0.25) is 0 Å². The SMILES string of the molecule is NC(=O)C(CCC(F)(F)F)C(CCC(F)(F)F)C(=O)NC1N=C(c2ccccc2)c2cccc3c2N(CCCO3)C1=O. The standard InChI is InChI=1S/C28H28F6N4O4/c29-27(30,31)12-10-17(23(35)39)18(11-13-28(32,33)34)25(40)37-24-26(41)38-14-5-15-42-20-9-4-8-19(22(20)38)21(36-24)16-6-2-1-3-7-16/h1-4,6-9,17-18,24H,5,10-15H2,(H2,35,39)(H,37,40). The van der Waals surface area contributed by atoms with E-state index in [9.17, 15) is 40.7 Å². The molecule has 8 nitrogen and oxygen atoms in total. The number of anilines is 1. The number of para-hydroxylation sites is 1. The minimum atomic E-state index is -4.77. The summed E-state index contributed by atoms with van der Waals surface area (Å²) in [5.41, 5.74) is 7.01. The van der Waals surface area contributed by atoms with Crippen LogP contribution in [0.25, 0.3) is 0 Å². The molecule has 2 aromatic rings. The van der Waals surface area contributed by atoms with E-state index in [4.69, 9.17) is 10.5 Å². The molecule has 3 N–H and O–H groups in total. The van der Waals surface area contributed by atoms with E-state index in [1.807, 2.05) is 0 Å². The molecule has 0 spiro atoms. The molecule has 3 unspecified atom stereocenters. The van der Waals surface area contributed by atoms with Gasteiger partial charge in [-0.05, 0) is 25.3 Å². The Kier molecular flexibility index (Phi) is 9.12. The van der Waals surface area contributed by atoms with Crippen molar-refractivity contribution in [2.75, 3.05) is 18.1 Å². The molecule has 2 aromatic carbocycles.